The van der Waals surface area contributed by atoms with Crippen LogP contribution in [-0.4, -0.2) is 13.7 Å². The van der Waals surface area contributed by atoms with E-state index >= 15 is 0 Å². The lowest BCUT2D eigenvalue weighted by Crippen LogP contribution is -2.21. The van der Waals surface area contributed by atoms with Gasteiger partial charge < -0.3 is 10.1 Å². The molecule has 0 heterocycles. The predicted molar refractivity (Wildman–Crippen MR) is 89.0 cm³/mol. The van der Waals surface area contributed by atoms with Crippen LogP contribution in [0.15, 0.2) is 42.5 Å². The van der Waals surface area contributed by atoms with Crippen LogP contribution in [0, 0.1) is 13.8 Å². The van der Waals surface area contributed by atoms with Crippen LogP contribution in [0.25, 0.3) is 0 Å². The number of hydrogen-bond acceptors (Lipinski definition) is 2. The summed E-state index contributed by atoms with van der Waals surface area (Å²) in [7, 11) is 1.70. The number of ether oxygens (including phenoxy) is 1. The van der Waals surface area contributed by atoms with Gasteiger partial charge in [0, 0.05) is 6.04 Å². The summed E-state index contributed by atoms with van der Waals surface area (Å²) in [6.07, 6.45) is 1.03. The standard InChI is InChI=1S/C19H25NO/c1-14-5-8-18(13-15(14)2)16(3)20-12-11-17-6-9-19(21-4)10-7-17/h5-10,13,16,20H,11-12H2,1-4H3. The molecule has 1 atom stereocenters. The average molecular weight is 283 g/mol. The first-order valence-electron chi connectivity index (χ1n) is 7.53. The maximum absolute atomic E-state index is 5.17. The van der Waals surface area contributed by atoms with E-state index in [0.717, 1.165) is 18.7 Å². The molecule has 0 amide bonds. The Morgan fingerprint density at radius 1 is 1.00 bits per heavy atom. The Hall–Kier alpha value is -1.80. The highest BCUT2D eigenvalue weighted by atomic mass is 16.5. The monoisotopic (exact) mass is 283 g/mol. The maximum atomic E-state index is 5.17. The summed E-state index contributed by atoms with van der Waals surface area (Å²) in [5, 5.41) is 3.59. The zero-order valence-corrected chi connectivity index (χ0v) is 13.4. The van der Waals surface area contributed by atoms with Crippen molar-refractivity contribution in [1.29, 1.82) is 0 Å². The van der Waals surface area contributed by atoms with E-state index in [2.05, 4.69) is 56.4 Å². The molecule has 2 aromatic rings. The van der Waals surface area contributed by atoms with Gasteiger partial charge in [0.15, 0.2) is 0 Å². The predicted octanol–water partition coefficient (Wildman–Crippen LogP) is 4.21. The second-order valence-corrected chi connectivity index (χ2v) is 5.62. The summed E-state index contributed by atoms with van der Waals surface area (Å²) in [5.41, 5.74) is 5.39. The van der Waals surface area contributed by atoms with E-state index in [1.807, 2.05) is 12.1 Å². The van der Waals surface area contributed by atoms with Crippen LogP contribution >= 0.6 is 0 Å². The van der Waals surface area contributed by atoms with E-state index in [4.69, 9.17) is 4.74 Å². The fraction of sp³-hybridized carbons (Fsp3) is 0.368. The highest BCUT2D eigenvalue weighted by Crippen LogP contribution is 2.17. The Morgan fingerprint density at radius 2 is 1.71 bits per heavy atom. The minimum absolute atomic E-state index is 0.377. The zero-order valence-electron chi connectivity index (χ0n) is 13.4. The van der Waals surface area contributed by atoms with Crippen molar-refractivity contribution < 1.29 is 4.74 Å². The molecule has 2 heteroatoms. The Morgan fingerprint density at radius 3 is 2.33 bits per heavy atom. The second kappa shape index (κ2) is 7.28. The van der Waals surface area contributed by atoms with Crippen molar-refractivity contribution in [3.63, 3.8) is 0 Å². The lowest BCUT2D eigenvalue weighted by atomic mass is 10.0. The van der Waals surface area contributed by atoms with Crippen molar-refractivity contribution in [2.24, 2.45) is 0 Å². The number of nitrogens with one attached hydrogen (secondary N) is 1. The molecule has 0 spiro atoms. The number of methoxy groups -OCH3 is 1. The smallest absolute Gasteiger partial charge is 0.118 e. The lowest BCUT2D eigenvalue weighted by molar-refractivity contribution is 0.414. The fourth-order valence-electron chi connectivity index (χ4n) is 2.38. The molecule has 1 unspecified atom stereocenters. The number of hydrogen-bond donors (Lipinski definition) is 1. The molecular formula is C19H25NO. The molecule has 2 rings (SSSR count). The molecular weight excluding hydrogens is 258 g/mol. The molecule has 0 radical (unpaired) electrons. The first-order chi connectivity index (χ1) is 10.1. The van der Waals surface area contributed by atoms with Gasteiger partial charge in [0.2, 0.25) is 0 Å². The van der Waals surface area contributed by atoms with E-state index < -0.39 is 0 Å². The number of rotatable bonds is 6. The van der Waals surface area contributed by atoms with Crippen LogP contribution in [0.1, 0.15) is 35.2 Å². The van der Waals surface area contributed by atoms with Crippen molar-refractivity contribution in [1.82, 2.24) is 5.32 Å². The number of benzene rings is 2. The molecule has 1 N–H and O–H groups in total. The van der Waals surface area contributed by atoms with Crippen molar-refractivity contribution in [2.45, 2.75) is 33.2 Å². The van der Waals surface area contributed by atoms with Gasteiger partial charge in [-0.2, -0.15) is 0 Å². The molecule has 2 nitrogen and oxygen atoms in total. The van der Waals surface area contributed by atoms with Crippen molar-refractivity contribution in [2.75, 3.05) is 13.7 Å². The largest absolute Gasteiger partial charge is 0.497 e. The van der Waals surface area contributed by atoms with Crippen LogP contribution in [0.5, 0.6) is 5.75 Å². The van der Waals surface area contributed by atoms with Crippen molar-refractivity contribution in [3.8, 4) is 5.75 Å². The van der Waals surface area contributed by atoms with Crippen LogP contribution in [-0.2, 0) is 6.42 Å². The highest BCUT2D eigenvalue weighted by Gasteiger charge is 2.05. The van der Waals surface area contributed by atoms with Gasteiger partial charge in [-0.25, -0.2) is 0 Å². The number of aryl methyl sites for hydroxylation is 2. The molecule has 2 aromatic carbocycles. The van der Waals surface area contributed by atoms with Gasteiger partial charge in [0.1, 0.15) is 5.75 Å². The topological polar surface area (TPSA) is 21.3 Å². The summed E-state index contributed by atoms with van der Waals surface area (Å²) in [5.74, 6) is 0.912. The third kappa shape index (κ3) is 4.33. The summed E-state index contributed by atoms with van der Waals surface area (Å²) in [4.78, 5) is 0. The Labute approximate surface area is 128 Å². The molecule has 0 saturated heterocycles. The van der Waals surface area contributed by atoms with E-state index in [1.165, 1.54) is 22.3 Å². The highest BCUT2D eigenvalue weighted by molar-refractivity contribution is 5.31. The van der Waals surface area contributed by atoms with Crippen LogP contribution in [0.4, 0.5) is 0 Å². The van der Waals surface area contributed by atoms with E-state index in [1.54, 1.807) is 7.11 Å². The Balaban J connectivity index is 1.85. The quantitative estimate of drug-likeness (QED) is 0.857. The third-order valence-electron chi connectivity index (χ3n) is 4.05. The van der Waals surface area contributed by atoms with Gasteiger partial charge in [-0.05, 0) is 68.1 Å². The fourth-order valence-corrected chi connectivity index (χ4v) is 2.38. The maximum Gasteiger partial charge on any atom is 0.118 e. The lowest BCUT2D eigenvalue weighted by Gasteiger charge is -2.15. The normalized spacial score (nSPS) is 12.2. The van der Waals surface area contributed by atoms with Crippen molar-refractivity contribution in [3.05, 3.63) is 64.7 Å². The van der Waals surface area contributed by atoms with Gasteiger partial charge in [0.25, 0.3) is 0 Å². The first kappa shape index (κ1) is 15.6. The Kier molecular flexibility index (Phi) is 5.40. The molecule has 0 aliphatic rings. The minimum Gasteiger partial charge on any atom is -0.497 e. The summed E-state index contributed by atoms with van der Waals surface area (Å²) >= 11 is 0. The van der Waals surface area contributed by atoms with Gasteiger partial charge in [-0.15, -0.1) is 0 Å². The minimum atomic E-state index is 0.377. The Bertz CT molecular complexity index is 575. The van der Waals surface area contributed by atoms with E-state index in [9.17, 15) is 0 Å². The van der Waals surface area contributed by atoms with Gasteiger partial charge in [-0.3, -0.25) is 0 Å². The zero-order chi connectivity index (χ0) is 15.2. The molecule has 0 aliphatic heterocycles. The van der Waals surface area contributed by atoms with Crippen LogP contribution in [0.3, 0.4) is 0 Å². The molecule has 0 fully saturated rings. The third-order valence-corrected chi connectivity index (χ3v) is 4.05. The molecule has 21 heavy (non-hydrogen) atoms. The van der Waals surface area contributed by atoms with E-state index in [-0.39, 0.29) is 0 Å². The van der Waals surface area contributed by atoms with Gasteiger partial charge >= 0.3 is 0 Å². The summed E-state index contributed by atoms with van der Waals surface area (Å²) < 4.78 is 5.17. The van der Waals surface area contributed by atoms with Crippen molar-refractivity contribution >= 4 is 0 Å². The second-order valence-electron chi connectivity index (χ2n) is 5.62. The molecule has 112 valence electrons. The molecule has 0 saturated carbocycles. The summed E-state index contributed by atoms with van der Waals surface area (Å²) in [6, 6.07) is 15.4. The first-order valence-corrected chi connectivity index (χ1v) is 7.53. The van der Waals surface area contributed by atoms with Gasteiger partial charge in [0.05, 0.1) is 7.11 Å². The van der Waals surface area contributed by atoms with Crippen LogP contribution < -0.4 is 10.1 Å². The molecule has 0 aliphatic carbocycles. The molecule has 0 aromatic heterocycles. The average Bonchev–Trinajstić information content (AvgIpc) is 2.50. The van der Waals surface area contributed by atoms with E-state index in [0.29, 0.717) is 6.04 Å². The molecule has 0 bridgehead atoms. The SMILES string of the molecule is COc1ccc(CCNC(C)c2ccc(C)c(C)c2)cc1. The van der Waals surface area contributed by atoms with Gasteiger partial charge in [-0.1, -0.05) is 30.3 Å². The van der Waals surface area contributed by atoms with Crippen LogP contribution in [0.2, 0.25) is 0 Å². The summed E-state index contributed by atoms with van der Waals surface area (Å²) in [6.45, 7) is 7.52.